The summed E-state index contributed by atoms with van der Waals surface area (Å²) in [5, 5.41) is 0. The van der Waals surface area contributed by atoms with E-state index in [0.717, 1.165) is 17.1 Å². The molecule has 0 N–H and O–H groups in total. The van der Waals surface area contributed by atoms with Crippen LogP contribution in [0, 0.1) is 0 Å². The van der Waals surface area contributed by atoms with Crippen LogP contribution in [-0.4, -0.2) is 17.3 Å². The van der Waals surface area contributed by atoms with Gasteiger partial charge in [-0.3, -0.25) is 4.79 Å². The lowest BCUT2D eigenvalue weighted by atomic mass is 9.84. The molecule has 0 spiro atoms. The van der Waals surface area contributed by atoms with Crippen LogP contribution in [0.1, 0.15) is 24.0 Å². The molecule has 0 unspecified atom stereocenters. The average Bonchev–Trinajstić information content (AvgIpc) is 3.07. The molecular formula is C19H18OS2. The topological polar surface area (TPSA) is 17.1 Å². The Balaban J connectivity index is 2.16. The maximum Gasteiger partial charge on any atom is 0.158 e. The first-order valence-corrected chi connectivity index (χ1v) is 9.35. The summed E-state index contributed by atoms with van der Waals surface area (Å²) in [5.74, 6) is 2.38. The van der Waals surface area contributed by atoms with Crippen molar-refractivity contribution in [2.45, 2.75) is 12.8 Å². The van der Waals surface area contributed by atoms with Gasteiger partial charge < -0.3 is 0 Å². The van der Waals surface area contributed by atoms with Crippen LogP contribution in [0.4, 0.5) is 0 Å². The van der Waals surface area contributed by atoms with Gasteiger partial charge in [0.05, 0.1) is 0 Å². The van der Waals surface area contributed by atoms with Crippen molar-refractivity contribution in [3.05, 3.63) is 81.6 Å². The Hall–Kier alpha value is -1.45. The van der Waals surface area contributed by atoms with Gasteiger partial charge in [0.1, 0.15) is 0 Å². The molecule has 0 bridgehead atoms. The minimum Gasteiger partial charge on any atom is -0.295 e. The van der Waals surface area contributed by atoms with Gasteiger partial charge in [0.15, 0.2) is 5.78 Å². The standard InChI is InChI=1S/C19H18OS2/c1-14(20)17(19-21-12-13-22-19)18(15-8-4-2-5-9-15)16-10-6-3-7-11-16/h2-11,18H,12-13H2,1H3. The zero-order valence-electron chi connectivity index (χ0n) is 12.5. The number of hydrogen-bond acceptors (Lipinski definition) is 3. The van der Waals surface area contributed by atoms with Crippen molar-refractivity contribution >= 4 is 29.3 Å². The van der Waals surface area contributed by atoms with E-state index >= 15 is 0 Å². The van der Waals surface area contributed by atoms with Gasteiger partial charge in [-0.2, -0.15) is 0 Å². The summed E-state index contributed by atoms with van der Waals surface area (Å²) in [7, 11) is 0. The second-order valence-electron chi connectivity index (χ2n) is 5.21. The van der Waals surface area contributed by atoms with E-state index in [2.05, 4.69) is 24.3 Å². The van der Waals surface area contributed by atoms with E-state index in [4.69, 9.17) is 0 Å². The van der Waals surface area contributed by atoms with Crippen molar-refractivity contribution in [2.24, 2.45) is 0 Å². The van der Waals surface area contributed by atoms with Gasteiger partial charge in [-0.05, 0) is 18.1 Å². The zero-order chi connectivity index (χ0) is 15.4. The van der Waals surface area contributed by atoms with Crippen LogP contribution in [-0.2, 0) is 4.79 Å². The Kier molecular flexibility index (Phi) is 5.06. The summed E-state index contributed by atoms with van der Waals surface area (Å²) in [5.41, 5.74) is 3.31. The van der Waals surface area contributed by atoms with E-state index in [1.54, 1.807) is 6.92 Å². The second-order valence-corrected chi connectivity index (χ2v) is 7.68. The van der Waals surface area contributed by atoms with Gasteiger partial charge in [0, 0.05) is 27.2 Å². The molecule has 3 rings (SSSR count). The summed E-state index contributed by atoms with van der Waals surface area (Å²) in [6, 6.07) is 20.7. The number of Topliss-reactive ketones (excluding diaryl/α,β-unsaturated/α-hetero) is 1. The first kappa shape index (κ1) is 15.4. The first-order valence-electron chi connectivity index (χ1n) is 7.38. The Bertz CT molecular complexity index is 630. The summed E-state index contributed by atoms with van der Waals surface area (Å²) < 4.78 is 1.20. The van der Waals surface area contributed by atoms with Crippen LogP contribution in [0.25, 0.3) is 0 Å². The van der Waals surface area contributed by atoms with Crippen molar-refractivity contribution in [3.8, 4) is 0 Å². The van der Waals surface area contributed by atoms with Crippen LogP contribution < -0.4 is 0 Å². The molecule has 0 atom stereocenters. The molecule has 2 aromatic rings. The van der Waals surface area contributed by atoms with Gasteiger partial charge in [-0.15, -0.1) is 23.5 Å². The SMILES string of the molecule is CC(=O)C(=C1SCCS1)C(c1ccccc1)c1ccccc1. The quantitative estimate of drug-likeness (QED) is 0.728. The van der Waals surface area contributed by atoms with E-state index < -0.39 is 0 Å². The van der Waals surface area contributed by atoms with Gasteiger partial charge in [0.2, 0.25) is 0 Å². The van der Waals surface area contributed by atoms with Gasteiger partial charge in [0.25, 0.3) is 0 Å². The third-order valence-corrected chi connectivity index (χ3v) is 6.45. The van der Waals surface area contributed by atoms with Crippen LogP contribution in [0.5, 0.6) is 0 Å². The summed E-state index contributed by atoms with van der Waals surface area (Å²) in [4.78, 5) is 12.4. The number of allylic oxidation sites excluding steroid dienone is 1. The van der Waals surface area contributed by atoms with E-state index in [1.807, 2.05) is 59.9 Å². The van der Waals surface area contributed by atoms with Crippen molar-refractivity contribution in [1.82, 2.24) is 0 Å². The van der Waals surface area contributed by atoms with Crippen LogP contribution in [0.15, 0.2) is 70.5 Å². The monoisotopic (exact) mass is 326 g/mol. The molecule has 3 heteroatoms. The third kappa shape index (κ3) is 3.31. The summed E-state index contributed by atoms with van der Waals surface area (Å²) in [6.07, 6.45) is 0. The number of carbonyl (C=O) groups excluding carboxylic acids is 1. The van der Waals surface area contributed by atoms with Crippen LogP contribution in [0.2, 0.25) is 0 Å². The zero-order valence-corrected chi connectivity index (χ0v) is 14.1. The van der Waals surface area contributed by atoms with Gasteiger partial charge in [-0.1, -0.05) is 60.7 Å². The van der Waals surface area contributed by atoms with E-state index in [0.29, 0.717) is 0 Å². The van der Waals surface area contributed by atoms with E-state index in [-0.39, 0.29) is 11.7 Å². The smallest absolute Gasteiger partial charge is 0.158 e. The van der Waals surface area contributed by atoms with E-state index in [9.17, 15) is 4.79 Å². The molecule has 1 aliphatic heterocycles. The molecule has 0 aromatic heterocycles. The molecule has 2 aromatic carbocycles. The molecule has 0 saturated carbocycles. The Labute approximate surface area is 140 Å². The van der Waals surface area contributed by atoms with Crippen molar-refractivity contribution in [1.29, 1.82) is 0 Å². The minimum absolute atomic E-state index is 0.0213. The van der Waals surface area contributed by atoms with Crippen molar-refractivity contribution in [3.63, 3.8) is 0 Å². The van der Waals surface area contributed by atoms with Crippen molar-refractivity contribution < 1.29 is 4.79 Å². The number of benzene rings is 2. The maximum atomic E-state index is 12.4. The molecular weight excluding hydrogens is 308 g/mol. The highest BCUT2D eigenvalue weighted by molar-refractivity contribution is 8.25. The first-order chi connectivity index (χ1) is 10.8. The molecule has 112 valence electrons. The van der Waals surface area contributed by atoms with Gasteiger partial charge in [-0.25, -0.2) is 0 Å². The summed E-state index contributed by atoms with van der Waals surface area (Å²) >= 11 is 3.64. The van der Waals surface area contributed by atoms with Gasteiger partial charge >= 0.3 is 0 Å². The normalized spacial score (nSPS) is 14.4. The lowest BCUT2D eigenvalue weighted by molar-refractivity contribution is -0.113. The fourth-order valence-corrected chi connectivity index (χ4v) is 5.45. The molecule has 1 nitrogen and oxygen atoms in total. The average molecular weight is 326 g/mol. The second kappa shape index (κ2) is 7.21. The fraction of sp³-hybridized carbons (Fsp3) is 0.211. The Morgan fingerprint density at radius 1 is 0.864 bits per heavy atom. The number of carbonyl (C=O) groups is 1. The van der Waals surface area contributed by atoms with Crippen LogP contribution >= 0.6 is 23.5 Å². The lowest BCUT2D eigenvalue weighted by Gasteiger charge is -2.21. The van der Waals surface area contributed by atoms with E-state index in [1.165, 1.54) is 15.4 Å². The maximum absolute atomic E-state index is 12.4. The molecule has 0 amide bonds. The largest absolute Gasteiger partial charge is 0.295 e. The summed E-state index contributed by atoms with van der Waals surface area (Å²) in [6.45, 7) is 1.70. The van der Waals surface area contributed by atoms with Crippen LogP contribution in [0.3, 0.4) is 0 Å². The highest BCUT2D eigenvalue weighted by atomic mass is 32.2. The minimum atomic E-state index is 0.0213. The third-order valence-electron chi connectivity index (χ3n) is 3.70. The molecule has 0 radical (unpaired) electrons. The molecule has 0 aliphatic carbocycles. The highest BCUT2D eigenvalue weighted by Gasteiger charge is 2.27. The molecule has 1 aliphatic rings. The molecule has 1 heterocycles. The number of rotatable bonds is 4. The number of hydrogen-bond donors (Lipinski definition) is 0. The molecule has 22 heavy (non-hydrogen) atoms. The highest BCUT2D eigenvalue weighted by Crippen LogP contribution is 2.45. The lowest BCUT2D eigenvalue weighted by Crippen LogP contribution is -2.12. The molecule has 1 saturated heterocycles. The van der Waals surface area contributed by atoms with Crippen molar-refractivity contribution in [2.75, 3.05) is 11.5 Å². The predicted molar refractivity (Wildman–Crippen MR) is 97.4 cm³/mol. The Morgan fingerprint density at radius 2 is 1.32 bits per heavy atom. The number of ketones is 1. The molecule has 1 fully saturated rings. The predicted octanol–water partition coefficient (Wildman–Crippen LogP) is 5.10. The number of thioether (sulfide) groups is 2. The fourth-order valence-electron chi connectivity index (χ4n) is 2.75. The Morgan fingerprint density at radius 3 is 1.73 bits per heavy atom.